The largest absolute Gasteiger partial charge is 0.381 e. The first-order valence-electron chi connectivity index (χ1n) is 6.91. The van der Waals surface area contributed by atoms with Gasteiger partial charge in [0.25, 0.3) is 0 Å². The molecule has 0 aliphatic heterocycles. The summed E-state index contributed by atoms with van der Waals surface area (Å²) in [5.74, 6) is 2.78. The highest BCUT2D eigenvalue weighted by molar-refractivity contribution is 7.81. The van der Waals surface area contributed by atoms with Crippen LogP contribution in [0.2, 0.25) is 0 Å². The summed E-state index contributed by atoms with van der Waals surface area (Å²) in [6.07, 6.45) is 10.00. The van der Waals surface area contributed by atoms with Gasteiger partial charge in [-0.3, -0.25) is 0 Å². The fourth-order valence-electron chi connectivity index (χ4n) is 3.61. The molecule has 94 valence electrons. The molecule has 0 radical (unpaired) electrons. The van der Waals surface area contributed by atoms with Crippen molar-refractivity contribution in [2.75, 3.05) is 7.11 Å². The summed E-state index contributed by atoms with van der Waals surface area (Å²) < 4.78 is 5.47. The molecule has 2 aliphatic rings. The van der Waals surface area contributed by atoms with E-state index in [0.29, 0.717) is 11.4 Å². The molecule has 0 amide bonds. The van der Waals surface area contributed by atoms with Gasteiger partial charge < -0.3 is 4.74 Å². The van der Waals surface area contributed by atoms with Crippen LogP contribution in [0.25, 0.3) is 0 Å². The van der Waals surface area contributed by atoms with Gasteiger partial charge in [0.05, 0.1) is 6.10 Å². The highest BCUT2D eigenvalue weighted by Gasteiger charge is 2.34. The molecule has 0 aromatic rings. The number of rotatable bonds is 2. The highest BCUT2D eigenvalue weighted by atomic mass is 32.1. The molecule has 0 N–H and O–H groups in total. The topological polar surface area (TPSA) is 9.23 Å². The van der Waals surface area contributed by atoms with Crippen LogP contribution in [0, 0.1) is 17.8 Å². The van der Waals surface area contributed by atoms with Gasteiger partial charge in [0.2, 0.25) is 0 Å². The fourth-order valence-corrected chi connectivity index (χ4v) is 4.24. The minimum Gasteiger partial charge on any atom is -0.381 e. The molecule has 16 heavy (non-hydrogen) atoms. The van der Waals surface area contributed by atoms with E-state index in [0.717, 1.165) is 24.2 Å². The first kappa shape index (κ1) is 12.8. The van der Waals surface area contributed by atoms with Crippen LogP contribution in [0.5, 0.6) is 0 Å². The standard InChI is InChI=1S/C14H26OS/c1-10-3-5-11(6-4-10)13-8-7-12(15-2)9-14(13)16/h10-14,16H,3-9H2,1-2H3. The van der Waals surface area contributed by atoms with Gasteiger partial charge in [-0.1, -0.05) is 19.8 Å². The Kier molecular flexibility index (Phi) is 4.60. The Bertz CT molecular complexity index is 211. The second kappa shape index (κ2) is 5.77. The van der Waals surface area contributed by atoms with Crippen LogP contribution in [-0.4, -0.2) is 18.5 Å². The third-order valence-corrected chi connectivity index (χ3v) is 5.41. The van der Waals surface area contributed by atoms with Crippen molar-refractivity contribution in [2.45, 2.75) is 63.2 Å². The average molecular weight is 242 g/mol. The molecule has 2 fully saturated rings. The summed E-state index contributed by atoms with van der Waals surface area (Å²) in [4.78, 5) is 0. The van der Waals surface area contributed by atoms with Crippen LogP contribution in [0.1, 0.15) is 51.9 Å². The monoisotopic (exact) mass is 242 g/mol. The van der Waals surface area contributed by atoms with Crippen LogP contribution in [0.3, 0.4) is 0 Å². The van der Waals surface area contributed by atoms with Crippen LogP contribution >= 0.6 is 12.6 Å². The van der Waals surface area contributed by atoms with E-state index < -0.39 is 0 Å². The van der Waals surface area contributed by atoms with Crippen molar-refractivity contribution in [3.63, 3.8) is 0 Å². The Morgan fingerprint density at radius 3 is 2.25 bits per heavy atom. The van der Waals surface area contributed by atoms with Gasteiger partial charge >= 0.3 is 0 Å². The van der Waals surface area contributed by atoms with Gasteiger partial charge in [-0.2, -0.15) is 12.6 Å². The van der Waals surface area contributed by atoms with E-state index in [-0.39, 0.29) is 0 Å². The van der Waals surface area contributed by atoms with Crippen molar-refractivity contribution in [1.82, 2.24) is 0 Å². The normalized spacial score (nSPS) is 45.6. The molecular weight excluding hydrogens is 216 g/mol. The SMILES string of the molecule is COC1CCC(C2CCC(C)CC2)C(S)C1. The van der Waals surface area contributed by atoms with Crippen molar-refractivity contribution in [2.24, 2.45) is 17.8 Å². The smallest absolute Gasteiger partial charge is 0.0582 e. The molecule has 0 heterocycles. The molecule has 1 nitrogen and oxygen atoms in total. The van der Waals surface area contributed by atoms with Crippen LogP contribution in [-0.2, 0) is 4.74 Å². The van der Waals surface area contributed by atoms with Crippen molar-refractivity contribution in [3.05, 3.63) is 0 Å². The summed E-state index contributed by atoms with van der Waals surface area (Å²) in [5, 5.41) is 0.581. The van der Waals surface area contributed by atoms with Crippen molar-refractivity contribution in [1.29, 1.82) is 0 Å². The third kappa shape index (κ3) is 2.95. The zero-order valence-corrected chi connectivity index (χ0v) is 11.6. The molecule has 2 aliphatic carbocycles. The van der Waals surface area contributed by atoms with E-state index in [1.54, 1.807) is 0 Å². The van der Waals surface area contributed by atoms with Crippen LogP contribution < -0.4 is 0 Å². The Morgan fingerprint density at radius 2 is 1.69 bits per heavy atom. The lowest BCUT2D eigenvalue weighted by Crippen LogP contribution is -2.35. The molecule has 0 spiro atoms. The predicted octanol–water partition coefficient (Wildman–Crippen LogP) is 3.93. The van der Waals surface area contributed by atoms with Gasteiger partial charge in [0.15, 0.2) is 0 Å². The quantitative estimate of drug-likeness (QED) is 0.722. The fraction of sp³-hybridized carbons (Fsp3) is 1.00. The van der Waals surface area contributed by atoms with Gasteiger partial charge in [0, 0.05) is 12.4 Å². The van der Waals surface area contributed by atoms with Crippen molar-refractivity contribution in [3.8, 4) is 0 Å². The number of hydrogen-bond donors (Lipinski definition) is 1. The number of hydrogen-bond acceptors (Lipinski definition) is 2. The average Bonchev–Trinajstić information content (AvgIpc) is 2.30. The van der Waals surface area contributed by atoms with Crippen LogP contribution in [0.4, 0.5) is 0 Å². The molecule has 0 saturated heterocycles. The summed E-state index contributed by atoms with van der Waals surface area (Å²) in [7, 11) is 1.84. The van der Waals surface area contributed by atoms with E-state index in [4.69, 9.17) is 17.4 Å². The second-order valence-electron chi connectivity index (χ2n) is 5.92. The number of ether oxygens (including phenoxy) is 1. The number of thiol groups is 1. The maximum Gasteiger partial charge on any atom is 0.0582 e. The van der Waals surface area contributed by atoms with Gasteiger partial charge in [-0.25, -0.2) is 0 Å². The minimum atomic E-state index is 0.473. The van der Waals surface area contributed by atoms with Crippen molar-refractivity contribution >= 4 is 12.6 Å². The van der Waals surface area contributed by atoms with E-state index in [1.165, 1.54) is 38.5 Å². The first-order chi connectivity index (χ1) is 7.70. The zero-order chi connectivity index (χ0) is 11.5. The number of methoxy groups -OCH3 is 1. The summed E-state index contributed by atoms with van der Waals surface area (Å²) in [6, 6.07) is 0. The maximum absolute atomic E-state index is 5.47. The van der Waals surface area contributed by atoms with E-state index >= 15 is 0 Å². The zero-order valence-electron chi connectivity index (χ0n) is 10.7. The molecule has 3 atom stereocenters. The predicted molar refractivity (Wildman–Crippen MR) is 72.0 cm³/mol. The molecule has 3 unspecified atom stereocenters. The molecule has 2 saturated carbocycles. The Hall–Kier alpha value is 0.310. The van der Waals surface area contributed by atoms with E-state index in [2.05, 4.69) is 6.92 Å². The molecular formula is C14H26OS. The lowest BCUT2D eigenvalue weighted by molar-refractivity contribution is 0.0439. The summed E-state index contributed by atoms with van der Waals surface area (Å²) in [5.41, 5.74) is 0. The highest BCUT2D eigenvalue weighted by Crippen LogP contribution is 2.42. The van der Waals surface area contributed by atoms with Gasteiger partial charge in [-0.15, -0.1) is 0 Å². The molecule has 0 aromatic heterocycles. The molecule has 2 heteroatoms. The van der Waals surface area contributed by atoms with Crippen molar-refractivity contribution < 1.29 is 4.74 Å². The molecule has 0 bridgehead atoms. The maximum atomic E-state index is 5.47. The van der Waals surface area contributed by atoms with E-state index in [9.17, 15) is 0 Å². The first-order valence-corrected chi connectivity index (χ1v) is 7.43. The lowest BCUT2D eigenvalue weighted by Gasteiger charge is -2.40. The Balaban J connectivity index is 1.85. The third-order valence-electron chi connectivity index (χ3n) is 4.82. The summed E-state index contributed by atoms with van der Waals surface area (Å²) in [6.45, 7) is 2.40. The molecule has 2 rings (SSSR count). The van der Waals surface area contributed by atoms with Gasteiger partial charge in [0.1, 0.15) is 0 Å². The molecule has 0 aromatic carbocycles. The second-order valence-corrected chi connectivity index (χ2v) is 6.59. The minimum absolute atomic E-state index is 0.473. The summed E-state index contributed by atoms with van der Waals surface area (Å²) >= 11 is 4.82. The Labute approximate surface area is 106 Å². The van der Waals surface area contributed by atoms with E-state index in [1.807, 2.05) is 7.11 Å². The van der Waals surface area contributed by atoms with Crippen LogP contribution in [0.15, 0.2) is 0 Å². The Morgan fingerprint density at radius 1 is 1.00 bits per heavy atom. The lowest BCUT2D eigenvalue weighted by atomic mass is 9.70. The van der Waals surface area contributed by atoms with Gasteiger partial charge in [-0.05, 0) is 49.9 Å².